The summed E-state index contributed by atoms with van der Waals surface area (Å²) in [5, 5.41) is 2.81. The van der Waals surface area contributed by atoms with E-state index in [4.69, 9.17) is 9.47 Å². The van der Waals surface area contributed by atoms with E-state index < -0.39 is 0 Å². The van der Waals surface area contributed by atoms with E-state index in [1.54, 1.807) is 18.2 Å². The van der Waals surface area contributed by atoms with Gasteiger partial charge in [-0.2, -0.15) is 0 Å². The van der Waals surface area contributed by atoms with Gasteiger partial charge in [0.2, 0.25) is 0 Å². The van der Waals surface area contributed by atoms with Crippen LogP contribution in [0.3, 0.4) is 0 Å². The second kappa shape index (κ2) is 8.85. The van der Waals surface area contributed by atoms with Gasteiger partial charge in [-0.3, -0.25) is 4.79 Å². The fourth-order valence-electron chi connectivity index (χ4n) is 2.39. The third-order valence-corrected chi connectivity index (χ3v) is 3.83. The molecule has 4 nitrogen and oxygen atoms in total. The maximum Gasteiger partial charge on any atom is 0.258 e. The Balaban J connectivity index is 1.49. The highest BCUT2D eigenvalue weighted by atomic mass is 19.1. The molecule has 1 amide bonds. The van der Waals surface area contributed by atoms with Gasteiger partial charge in [0.25, 0.3) is 5.91 Å². The second-order valence-corrected chi connectivity index (χ2v) is 6.08. The van der Waals surface area contributed by atoms with Crippen LogP contribution < -0.4 is 14.8 Å². The Morgan fingerprint density at radius 1 is 0.926 bits per heavy atom. The first-order valence-electron chi connectivity index (χ1n) is 8.57. The van der Waals surface area contributed by atoms with Crippen molar-refractivity contribution in [2.75, 3.05) is 6.61 Å². The summed E-state index contributed by atoms with van der Waals surface area (Å²) in [5.74, 6) is 1.30. The lowest BCUT2D eigenvalue weighted by Crippen LogP contribution is -2.28. The molecule has 0 unspecified atom stereocenters. The van der Waals surface area contributed by atoms with Crippen LogP contribution in [-0.4, -0.2) is 12.5 Å². The summed E-state index contributed by atoms with van der Waals surface area (Å²) in [7, 11) is 0. The lowest BCUT2D eigenvalue weighted by molar-refractivity contribution is -0.123. The molecule has 0 bridgehead atoms. The Morgan fingerprint density at radius 2 is 1.63 bits per heavy atom. The summed E-state index contributed by atoms with van der Waals surface area (Å²) in [5.41, 5.74) is 2.02. The highest BCUT2D eigenvalue weighted by Crippen LogP contribution is 2.22. The van der Waals surface area contributed by atoms with Crippen molar-refractivity contribution in [3.05, 3.63) is 89.7 Å². The van der Waals surface area contributed by atoms with Gasteiger partial charge in [-0.05, 0) is 61.0 Å². The van der Waals surface area contributed by atoms with Crippen molar-refractivity contribution in [1.29, 1.82) is 0 Å². The van der Waals surface area contributed by atoms with Crippen LogP contribution in [0.5, 0.6) is 17.2 Å². The van der Waals surface area contributed by atoms with Crippen molar-refractivity contribution in [1.82, 2.24) is 5.32 Å². The number of nitrogens with one attached hydrogen (secondary N) is 1. The molecule has 0 aromatic heterocycles. The number of rotatable bonds is 7. The van der Waals surface area contributed by atoms with Gasteiger partial charge in [0, 0.05) is 6.54 Å². The number of benzene rings is 3. The van der Waals surface area contributed by atoms with Crippen LogP contribution in [0.1, 0.15) is 11.1 Å². The number of hydrogen-bond donors (Lipinski definition) is 1. The summed E-state index contributed by atoms with van der Waals surface area (Å²) in [6.07, 6.45) is 0. The lowest BCUT2D eigenvalue weighted by Gasteiger charge is -2.10. The molecule has 3 aromatic rings. The lowest BCUT2D eigenvalue weighted by atomic mass is 10.2. The molecule has 0 fully saturated rings. The van der Waals surface area contributed by atoms with E-state index in [2.05, 4.69) is 5.32 Å². The fraction of sp³-hybridized carbons (Fsp3) is 0.136. The van der Waals surface area contributed by atoms with Gasteiger partial charge in [-0.15, -0.1) is 0 Å². The van der Waals surface area contributed by atoms with Gasteiger partial charge in [0.1, 0.15) is 23.1 Å². The quantitative estimate of drug-likeness (QED) is 0.664. The van der Waals surface area contributed by atoms with Gasteiger partial charge >= 0.3 is 0 Å². The van der Waals surface area contributed by atoms with Gasteiger partial charge in [-0.25, -0.2) is 4.39 Å². The molecule has 0 heterocycles. The number of carbonyl (C=O) groups is 1. The number of aryl methyl sites for hydroxylation is 1. The van der Waals surface area contributed by atoms with Gasteiger partial charge < -0.3 is 14.8 Å². The third kappa shape index (κ3) is 5.85. The standard InChI is InChI=1S/C22H20FNO3/c1-16-5-9-19(10-6-16)26-15-22(25)24-14-17-3-2-4-21(13-17)27-20-11-7-18(23)8-12-20/h2-13H,14-15H2,1H3,(H,24,25). The van der Waals surface area contributed by atoms with Gasteiger partial charge in [0.15, 0.2) is 6.61 Å². The summed E-state index contributed by atoms with van der Waals surface area (Å²) >= 11 is 0. The molecule has 0 aliphatic heterocycles. The topological polar surface area (TPSA) is 47.6 Å². The molecule has 3 rings (SSSR count). The van der Waals surface area contributed by atoms with Crippen molar-refractivity contribution in [3.63, 3.8) is 0 Å². The van der Waals surface area contributed by atoms with Crippen LogP contribution in [0.25, 0.3) is 0 Å². The molecular weight excluding hydrogens is 345 g/mol. The van der Waals surface area contributed by atoms with Crippen LogP contribution in [0.4, 0.5) is 4.39 Å². The van der Waals surface area contributed by atoms with Crippen LogP contribution in [0, 0.1) is 12.7 Å². The van der Waals surface area contributed by atoms with Crippen LogP contribution in [0.15, 0.2) is 72.8 Å². The van der Waals surface area contributed by atoms with Crippen molar-refractivity contribution in [3.8, 4) is 17.2 Å². The number of hydrogen-bond acceptors (Lipinski definition) is 3. The molecule has 0 radical (unpaired) electrons. The molecule has 0 aliphatic rings. The predicted octanol–water partition coefficient (Wildman–Crippen LogP) is 4.62. The summed E-state index contributed by atoms with van der Waals surface area (Å²) in [6, 6.07) is 20.7. The van der Waals surface area contributed by atoms with E-state index in [9.17, 15) is 9.18 Å². The molecule has 0 spiro atoms. The molecule has 1 N–H and O–H groups in total. The molecule has 5 heteroatoms. The van der Waals surface area contributed by atoms with Crippen molar-refractivity contribution in [2.24, 2.45) is 0 Å². The van der Waals surface area contributed by atoms with E-state index in [-0.39, 0.29) is 18.3 Å². The van der Waals surface area contributed by atoms with Crippen molar-refractivity contribution >= 4 is 5.91 Å². The highest BCUT2D eigenvalue weighted by molar-refractivity contribution is 5.77. The fourth-order valence-corrected chi connectivity index (χ4v) is 2.39. The minimum absolute atomic E-state index is 0.0468. The number of halogens is 1. The molecule has 0 saturated carbocycles. The Labute approximate surface area is 157 Å². The Morgan fingerprint density at radius 3 is 2.37 bits per heavy atom. The van der Waals surface area contributed by atoms with Crippen LogP contribution >= 0.6 is 0 Å². The maximum atomic E-state index is 12.9. The largest absolute Gasteiger partial charge is 0.484 e. The van der Waals surface area contributed by atoms with E-state index in [1.807, 2.05) is 49.4 Å². The zero-order valence-electron chi connectivity index (χ0n) is 14.9. The summed E-state index contributed by atoms with van der Waals surface area (Å²) in [6.45, 7) is 2.30. The SMILES string of the molecule is Cc1ccc(OCC(=O)NCc2cccc(Oc3ccc(F)cc3)c2)cc1. The summed E-state index contributed by atoms with van der Waals surface area (Å²) < 4.78 is 24.1. The minimum atomic E-state index is -0.313. The minimum Gasteiger partial charge on any atom is -0.484 e. The first kappa shape index (κ1) is 18.5. The maximum absolute atomic E-state index is 12.9. The van der Waals surface area contributed by atoms with Gasteiger partial charge in [-0.1, -0.05) is 29.8 Å². The Hall–Kier alpha value is -3.34. The highest BCUT2D eigenvalue weighted by Gasteiger charge is 2.04. The normalized spacial score (nSPS) is 10.3. The van der Waals surface area contributed by atoms with E-state index >= 15 is 0 Å². The predicted molar refractivity (Wildman–Crippen MR) is 101 cm³/mol. The average molecular weight is 365 g/mol. The van der Waals surface area contributed by atoms with Crippen molar-refractivity contribution in [2.45, 2.75) is 13.5 Å². The first-order chi connectivity index (χ1) is 13.1. The van der Waals surface area contributed by atoms with Crippen molar-refractivity contribution < 1.29 is 18.7 Å². The molecule has 0 atom stereocenters. The zero-order chi connectivity index (χ0) is 19.1. The van der Waals surface area contributed by atoms with E-state index in [0.29, 0.717) is 23.8 Å². The smallest absolute Gasteiger partial charge is 0.258 e. The molecule has 0 aliphatic carbocycles. The molecule has 3 aromatic carbocycles. The zero-order valence-corrected chi connectivity index (χ0v) is 14.9. The Bertz CT molecular complexity index is 892. The molecule has 0 saturated heterocycles. The van der Waals surface area contributed by atoms with Crippen LogP contribution in [0.2, 0.25) is 0 Å². The number of ether oxygens (including phenoxy) is 2. The molecular formula is C22H20FNO3. The summed E-state index contributed by atoms with van der Waals surface area (Å²) in [4.78, 5) is 12.0. The monoisotopic (exact) mass is 365 g/mol. The first-order valence-corrected chi connectivity index (χ1v) is 8.57. The van der Waals surface area contributed by atoms with E-state index in [0.717, 1.165) is 11.1 Å². The molecule has 138 valence electrons. The average Bonchev–Trinajstić information content (AvgIpc) is 2.68. The second-order valence-electron chi connectivity index (χ2n) is 6.08. The number of amides is 1. The van der Waals surface area contributed by atoms with Crippen LogP contribution in [-0.2, 0) is 11.3 Å². The van der Waals surface area contributed by atoms with E-state index in [1.165, 1.54) is 12.1 Å². The van der Waals surface area contributed by atoms with Gasteiger partial charge in [0.05, 0.1) is 0 Å². The molecule has 27 heavy (non-hydrogen) atoms. The third-order valence-electron chi connectivity index (χ3n) is 3.83. The number of carbonyl (C=O) groups excluding carboxylic acids is 1. The Kier molecular flexibility index (Phi) is 6.05.